The lowest BCUT2D eigenvalue weighted by Gasteiger charge is -2.09. The minimum absolute atomic E-state index is 0.177. The highest BCUT2D eigenvalue weighted by molar-refractivity contribution is 7.99. The van der Waals surface area contributed by atoms with Gasteiger partial charge in [0.05, 0.1) is 11.3 Å². The SMILES string of the molecule is Cc1cc(C)nc(SCC(=O)Nc2cccc(NC(=O)c3cccnc3)c2)n1. The zero-order chi connectivity index (χ0) is 19.9. The van der Waals surface area contributed by atoms with Crippen LogP contribution in [0.5, 0.6) is 0 Å². The third kappa shape index (κ3) is 5.62. The lowest BCUT2D eigenvalue weighted by atomic mass is 10.2. The molecule has 2 N–H and O–H groups in total. The van der Waals surface area contributed by atoms with Crippen molar-refractivity contribution >= 4 is 35.0 Å². The summed E-state index contributed by atoms with van der Waals surface area (Å²) in [6, 6.07) is 12.2. The molecule has 0 aliphatic rings. The Kier molecular flexibility index (Phi) is 6.33. The summed E-state index contributed by atoms with van der Waals surface area (Å²) in [5, 5.41) is 6.18. The number of aryl methyl sites for hydroxylation is 2. The maximum absolute atomic E-state index is 12.2. The van der Waals surface area contributed by atoms with E-state index in [1.807, 2.05) is 19.9 Å². The molecule has 0 aliphatic carbocycles. The largest absolute Gasteiger partial charge is 0.325 e. The Morgan fingerprint density at radius 1 is 0.964 bits per heavy atom. The molecule has 0 bridgehead atoms. The number of pyridine rings is 1. The number of aromatic nitrogens is 3. The van der Waals surface area contributed by atoms with Crippen molar-refractivity contribution in [3.63, 3.8) is 0 Å². The van der Waals surface area contributed by atoms with Gasteiger partial charge in [0.25, 0.3) is 5.91 Å². The van der Waals surface area contributed by atoms with E-state index in [0.717, 1.165) is 11.4 Å². The van der Waals surface area contributed by atoms with Crippen molar-refractivity contribution in [3.8, 4) is 0 Å². The van der Waals surface area contributed by atoms with Crippen LogP contribution in [0, 0.1) is 13.8 Å². The number of carbonyl (C=O) groups excluding carboxylic acids is 2. The van der Waals surface area contributed by atoms with Crippen molar-refractivity contribution in [1.29, 1.82) is 0 Å². The highest BCUT2D eigenvalue weighted by atomic mass is 32.2. The Hall–Kier alpha value is -3.26. The van der Waals surface area contributed by atoms with Crippen LogP contribution in [0.15, 0.2) is 60.0 Å². The maximum atomic E-state index is 12.2. The lowest BCUT2D eigenvalue weighted by molar-refractivity contribution is -0.113. The fourth-order valence-electron chi connectivity index (χ4n) is 2.46. The molecule has 0 spiro atoms. The van der Waals surface area contributed by atoms with E-state index in [9.17, 15) is 9.59 Å². The van der Waals surface area contributed by atoms with E-state index in [0.29, 0.717) is 22.1 Å². The molecule has 3 aromatic rings. The van der Waals surface area contributed by atoms with E-state index in [-0.39, 0.29) is 17.6 Å². The summed E-state index contributed by atoms with van der Waals surface area (Å²) >= 11 is 1.28. The average Bonchev–Trinajstić information content (AvgIpc) is 2.67. The number of nitrogens with one attached hydrogen (secondary N) is 2. The van der Waals surface area contributed by atoms with Crippen molar-refractivity contribution in [3.05, 3.63) is 71.8 Å². The predicted octanol–water partition coefficient (Wildman–Crippen LogP) is 3.47. The van der Waals surface area contributed by atoms with Crippen LogP contribution in [-0.4, -0.2) is 32.5 Å². The summed E-state index contributed by atoms with van der Waals surface area (Å²) in [7, 11) is 0. The summed E-state index contributed by atoms with van der Waals surface area (Å²) in [5.74, 6) is -0.252. The molecule has 3 rings (SSSR count). The minimum atomic E-state index is -0.265. The molecule has 0 unspecified atom stereocenters. The molecule has 7 nitrogen and oxygen atoms in total. The number of nitrogens with zero attached hydrogens (tertiary/aromatic N) is 3. The summed E-state index contributed by atoms with van der Waals surface area (Å²) in [6.07, 6.45) is 3.10. The summed E-state index contributed by atoms with van der Waals surface area (Å²) < 4.78 is 0. The molecule has 0 saturated heterocycles. The van der Waals surface area contributed by atoms with Crippen LogP contribution in [0.3, 0.4) is 0 Å². The Morgan fingerprint density at radius 2 is 1.68 bits per heavy atom. The number of amides is 2. The lowest BCUT2D eigenvalue weighted by Crippen LogP contribution is -2.15. The summed E-state index contributed by atoms with van der Waals surface area (Å²) in [4.78, 5) is 37.0. The quantitative estimate of drug-likeness (QED) is 0.492. The second kappa shape index (κ2) is 9.09. The van der Waals surface area contributed by atoms with Gasteiger partial charge in [-0.3, -0.25) is 14.6 Å². The summed E-state index contributed by atoms with van der Waals surface area (Å²) in [6.45, 7) is 3.79. The fourth-order valence-corrected chi connectivity index (χ4v) is 3.21. The van der Waals surface area contributed by atoms with Gasteiger partial charge in [0.2, 0.25) is 5.91 Å². The van der Waals surface area contributed by atoms with Gasteiger partial charge in [-0.15, -0.1) is 0 Å². The standard InChI is InChI=1S/C20H19N5O2S/c1-13-9-14(2)23-20(22-13)28-12-18(26)24-16-6-3-7-17(10-16)25-19(27)15-5-4-8-21-11-15/h3-11H,12H2,1-2H3,(H,24,26)(H,25,27). The highest BCUT2D eigenvalue weighted by Gasteiger charge is 2.09. The van der Waals surface area contributed by atoms with Crippen molar-refractivity contribution in [1.82, 2.24) is 15.0 Å². The van der Waals surface area contributed by atoms with Crippen LogP contribution in [0.25, 0.3) is 0 Å². The maximum Gasteiger partial charge on any atom is 0.257 e. The molecule has 0 saturated carbocycles. The molecule has 0 radical (unpaired) electrons. The first kappa shape index (κ1) is 19.5. The van der Waals surface area contributed by atoms with Gasteiger partial charge in [-0.05, 0) is 50.2 Å². The fraction of sp³-hybridized carbons (Fsp3) is 0.150. The number of thioether (sulfide) groups is 1. The molecule has 2 heterocycles. The van der Waals surface area contributed by atoms with Gasteiger partial charge in [-0.25, -0.2) is 9.97 Å². The molecule has 142 valence electrons. The average molecular weight is 393 g/mol. The first-order valence-corrected chi connectivity index (χ1v) is 9.54. The Balaban J connectivity index is 1.57. The van der Waals surface area contributed by atoms with Crippen LogP contribution in [0.2, 0.25) is 0 Å². The van der Waals surface area contributed by atoms with Crippen LogP contribution >= 0.6 is 11.8 Å². The third-order valence-corrected chi connectivity index (χ3v) is 4.47. The molecule has 2 amide bonds. The zero-order valence-electron chi connectivity index (χ0n) is 15.5. The van der Waals surface area contributed by atoms with Gasteiger partial charge in [-0.2, -0.15) is 0 Å². The van der Waals surface area contributed by atoms with Gasteiger partial charge in [0.1, 0.15) is 0 Å². The van der Waals surface area contributed by atoms with Gasteiger partial charge in [0, 0.05) is 35.2 Å². The normalized spacial score (nSPS) is 10.4. The van der Waals surface area contributed by atoms with Gasteiger partial charge < -0.3 is 10.6 Å². The smallest absolute Gasteiger partial charge is 0.257 e. The highest BCUT2D eigenvalue weighted by Crippen LogP contribution is 2.18. The molecule has 0 atom stereocenters. The van der Waals surface area contributed by atoms with Gasteiger partial charge in [0.15, 0.2) is 5.16 Å². The number of carbonyl (C=O) groups is 2. The molecule has 0 fully saturated rings. The molecule has 28 heavy (non-hydrogen) atoms. The van der Waals surface area contributed by atoms with E-state index in [1.165, 1.54) is 18.0 Å². The zero-order valence-corrected chi connectivity index (χ0v) is 16.3. The van der Waals surface area contributed by atoms with Crippen LogP contribution in [0.1, 0.15) is 21.7 Å². The first-order chi connectivity index (χ1) is 13.5. The van der Waals surface area contributed by atoms with Crippen LogP contribution < -0.4 is 10.6 Å². The molecular formula is C20H19N5O2S. The van der Waals surface area contributed by atoms with E-state index in [4.69, 9.17) is 0 Å². The van der Waals surface area contributed by atoms with E-state index >= 15 is 0 Å². The number of anilines is 2. The second-order valence-electron chi connectivity index (χ2n) is 6.05. The Labute approximate surface area is 167 Å². The van der Waals surface area contributed by atoms with Crippen LogP contribution in [0.4, 0.5) is 11.4 Å². The number of hydrogen-bond acceptors (Lipinski definition) is 6. The summed E-state index contributed by atoms with van der Waals surface area (Å²) in [5.41, 5.74) is 3.37. The minimum Gasteiger partial charge on any atom is -0.325 e. The molecule has 0 aliphatic heterocycles. The third-order valence-electron chi connectivity index (χ3n) is 3.62. The van der Waals surface area contributed by atoms with E-state index in [1.54, 1.807) is 42.6 Å². The molecule has 8 heteroatoms. The van der Waals surface area contributed by atoms with Crippen molar-refractivity contribution < 1.29 is 9.59 Å². The monoisotopic (exact) mass is 393 g/mol. The predicted molar refractivity (Wildman–Crippen MR) is 109 cm³/mol. The van der Waals surface area contributed by atoms with Crippen molar-refractivity contribution in [2.75, 3.05) is 16.4 Å². The van der Waals surface area contributed by atoms with E-state index < -0.39 is 0 Å². The second-order valence-corrected chi connectivity index (χ2v) is 6.99. The Morgan fingerprint density at radius 3 is 2.36 bits per heavy atom. The van der Waals surface area contributed by atoms with Gasteiger partial charge in [-0.1, -0.05) is 17.8 Å². The van der Waals surface area contributed by atoms with Gasteiger partial charge >= 0.3 is 0 Å². The van der Waals surface area contributed by atoms with Crippen molar-refractivity contribution in [2.24, 2.45) is 0 Å². The first-order valence-electron chi connectivity index (χ1n) is 8.56. The number of rotatable bonds is 6. The van der Waals surface area contributed by atoms with Crippen LogP contribution in [-0.2, 0) is 4.79 Å². The van der Waals surface area contributed by atoms with Crippen molar-refractivity contribution in [2.45, 2.75) is 19.0 Å². The number of hydrogen-bond donors (Lipinski definition) is 2. The topological polar surface area (TPSA) is 96.9 Å². The number of benzene rings is 1. The molecule has 1 aromatic carbocycles. The van der Waals surface area contributed by atoms with E-state index in [2.05, 4.69) is 25.6 Å². The Bertz CT molecular complexity index is 975. The molecular weight excluding hydrogens is 374 g/mol. The molecule has 2 aromatic heterocycles.